The first kappa shape index (κ1) is 22.2. The van der Waals surface area contributed by atoms with Gasteiger partial charge in [0.2, 0.25) is 0 Å². The van der Waals surface area contributed by atoms with E-state index in [0.29, 0.717) is 17.8 Å². The smallest absolute Gasteiger partial charge is 0.319 e. The molecule has 6 N–H and O–H groups in total. The number of carbonyl (C=O) groups is 2. The van der Waals surface area contributed by atoms with Crippen molar-refractivity contribution in [2.45, 2.75) is 30.7 Å². The monoisotopic (exact) mass is 420 g/mol. The minimum atomic E-state index is -3.93. The number of benzene rings is 2. The van der Waals surface area contributed by atoms with E-state index in [1.807, 2.05) is 6.92 Å². The Morgan fingerprint density at radius 3 is 2.48 bits per heavy atom. The van der Waals surface area contributed by atoms with Crippen molar-refractivity contribution in [3.05, 3.63) is 54.1 Å². The van der Waals surface area contributed by atoms with Crippen molar-refractivity contribution >= 4 is 33.4 Å². The number of hydrogen-bond donors (Lipinski definition) is 5. The Balaban J connectivity index is 2.16. The van der Waals surface area contributed by atoms with Gasteiger partial charge < -0.3 is 21.5 Å². The fourth-order valence-corrected chi connectivity index (χ4v) is 3.60. The van der Waals surface area contributed by atoms with E-state index >= 15 is 0 Å². The summed E-state index contributed by atoms with van der Waals surface area (Å²) in [5.74, 6) is -1.05. The summed E-state index contributed by atoms with van der Waals surface area (Å²) in [7, 11) is -3.93. The zero-order valence-electron chi connectivity index (χ0n) is 15.9. The predicted octanol–water partition coefficient (Wildman–Crippen LogP) is 2.49. The number of rotatable bonds is 9. The van der Waals surface area contributed by atoms with Crippen LogP contribution < -0.4 is 21.1 Å². The highest BCUT2D eigenvalue weighted by molar-refractivity contribution is 7.92. The topological polar surface area (TPSA) is 151 Å². The first-order valence-electron chi connectivity index (χ1n) is 8.96. The highest BCUT2D eigenvalue weighted by Gasteiger charge is 2.17. The van der Waals surface area contributed by atoms with E-state index in [1.165, 1.54) is 30.3 Å². The second kappa shape index (κ2) is 9.89. The SMILES string of the molecule is CCCNC(=O)Nc1cccc(S(=O)(=O)Nc2cccc(C(N)CC(=O)O)c2)c1. The van der Waals surface area contributed by atoms with Crippen LogP contribution in [0, 0.1) is 0 Å². The van der Waals surface area contributed by atoms with Gasteiger partial charge in [-0.3, -0.25) is 9.52 Å². The molecule has 29 heavy (non-hydrogen) atoms. The maximum Gasteiger partial charge on any atom is 0.319 e. The maximum atomic E-state index is 12.7. The molecular weight excluding hydrogens is 396 g/mol. The highest BCUT2D eigenvalue weighted by Crippen LogP contribution is 2.22. The van der Waals surface area contributed by atoms with Gasteiger partial charge in [-0.05, 0) is 42.3 Å². The molecule has 0 aromatic heterocycles. The van der Waals surface area contributed by atoms with Crippen LogP contribution in [0.5, 0.6) is 0 Å². The van der Waals surface area contributed by atoms with Crippen molar-refractivity contribution in [1.82, 2.24) is 5.32 Å². The van der Waals surface area contributed by atoms with Crippen LogP contribution in [0.2, 0.25) is 0 Å². The molecule has 2 aromatic rings. The summed E-state index contributed by atoms with van der Waals surface area (Å²) in [6, 6.07) is 10.9. The lowest BCUT2D eigenvalue weighted by molar-refractivity contribution is -0.137. The molecule has 2 amide bonds. The summed E-state index contributed by atoms with van der Waals surface area (Å²) < 4.78 is 27.9. The van der Waals surface area contributed by atoms with Gasteiger partial charge >= 0.3 is 12.0 Å². The van der Waals surface area contributed by atoms with E-state index in [1.54, 1.807) is 18.2 Å². The first-order valence-corrected chi connectivity index (χ1v) is 10.4. The number of anilines is 2. The summed E-state index contributed by atoms with van der Waals surface area (Å²) in [5, 5.41) is 14.1. The van der Waals surface area contributed by atoms with Gasteiger partial charge in [0, 0.05) is 24.0 Å². The molecule has 0 aliphatic heterocycles. The van der Waals surface area contributed by atoms with E-state index in [9.17, 15) is 18.0 Å². The Bertz CT molecular complexity index is 978. The molecule has 0 spiro atoms. The zero-order chi connectivity index (χ0) is 21.4. The van der Waals surface area contributed by atoms with Gasteiger partial charge in [0.25, 0.3) is 10.0 Å². The molecule has 1 atom stereocenters. The number of carbonyl (C=O) groups excluding carboxylic acids is 1. The minimum absolute atomic E-state index is 0.0361. The fraction of sp³-hybridized carbons (Fsp3) is 0.263. The Morgan fingerprint density at radius 1 is 1.10 bits per heavy atom. The van der Waals surface area contributed by atoms with Crippen molar-refractivity contribution < 1.29 is 23.1 Å². The number of hydrogen-bond acceptors (Lipinski definition) is 5. The van der Waals surface area contributed by atoms with Crippen molar-refractivity contribution in [1.29, 1.82) is 0 Å². The minimum Gasteiger partial charge on any atom is -0.481 e. The normalized spacial score (nSPS) is 12.1. The third-order valence-electron chi connectivity index (χ3n) is 3.90. The number of sulfonamides is 1. The summed E-state index contributed by atoms with van der Waals surface area (Å²) in [6.45, 7) is 2.43. The van der Waals surface area contributed by atoms with Crippen molar-refractivity contribution in [2.75, 3.05) is 16.6 Å². The van der Waals surface area contributed by atoms with Gasteiger partial charge in [0.15, 0.2) is 0 Å². The number of aliphatic carboxylic acids is 1. The van der Waals surface area contributed by atoms with Crippen molar-refractivity contribution in [3.8, 4) is 0 Å². The number of urea groups is 1. The molecule has 0 aliphatic rings. The molecule has 1 unspecified atom stereocenters. The molecule has 156 valence electrons. The predicted molar refractivity (Wildman–Crippen MR) is 110 cm³/mol. The van der Waals surface area contributed by atoms with Gasteiger partial charge in [-0.15, -0.1) is 0 Å². The quantitative estimate of drug-likeness (QED) is 0.420. The summed E-state index contributed by atoms with van der Waals surface area (Å²) in [5.41, 5.74) is 6.92. The lowest BCUT2D eigenvalue weighted by Gasteiger charge is -2.13. The first-order chi connectivity index (χ1) is 13.7. The van der Waals surface area contributed by atoms with Crippen molar-refractivity contribution in [3.63, 3.8) is 0 Å². The molecule has 0 aliphatic carbocycles. The average molecular weight is 420 g/mol. The van der Waals surface area contributed by atoms with Crippen LogP contribution in [-0.2, 0) is 14.8 Å². The van der Waals surface area contributed by atoms with Crippen LogP contribution in [0.3, 0.4) is 0 Å². The molecule has 0 heterocycles. The standard InChI is InChI=1S/C19H24N4O5S/c1-2-9-21-19(26)22-14-6-4-8-16(11-14)29(27,28)23-15-7-3-5-13(10-15)17(20)12-18(24)25/h3-8,10-11,17,23H,2,9,12,20H2,1H3,(H,24,25)(H2,21,22,26). The van der Waals surface area contributed by atoms with Gasteiger partial charge in [-0.1, -0.05) is 25.1 Å². The number of carboxylic acids is 1. The summed E-state index contributed by atoms with van der Waals surface area (Å²) in [6.07, 6.45) is 0.505. The molecule has 0 fully saturated rings. The fourth-order valence-electron chi connectivity index (χ4n) is 2.51. The molecule has 2 aromatic carbocycles. The van der Waals surface area contributed by atoms with Crippen LogP contribution in [0.15, 0.2) is 53.4 Å². The molecule has 0 saturated heterocycles. The van der Waals surface area contributed by atoms with E-state index in [4.69, 9.17) is 10.8 Å². The molecule has 9 nitrogen and oxygen atoms in total. The van der Waals surface area contributed by atoms with Gasteiger partial charge in [-0.2, -0.15) is 0 Å². The maximum absolute atomic E-state index is 12.7. The summed E-state index contributed by atoms with van der Waals surface area (Å²) in [4.78, 5) is 22.5. The van der Waals surface area contributed by atoms with Gasteiger partial charge in [0.1, 0.15) is 0 Å². The van der Waals surface area contributed by atoms with E-state index in [-0.39, 0.29) is 17.0 Å². The van der Waals surface area contributed by atoms with Crippen LogP contribution in [0.4, 0.5) is 16.2 Å². The van der Waals surface area contributed by atoms with Gasteiger partial charge in [0.05, 0.1) is 11.3 Å². The van der Waals surface area contributed by atoms with Crippen LogP contribution in [-0.4, -0.2) is 32.1 Å². The summed E-state index contributed by atoms with van der Waals surface area (Å²) >= 11 is 0. The highest BCUT2D eigenvalue weighted by atomic mass is 32.2. The number of carboxylic acid groups (broad SMARTS) is 1. The molecule has 2 rings (SSSR count). The molecule has 0 bridgehead atoms. The Labute approximate surface area is 169 Å². The molecule has 10 heteroatoms. The molecule has 0 saturated carbocycles. The third-order valence-corrected chi connectivity index (χ3v) is 5.28. The molecule has 0 radical (unpaired) electrons. The van der Waals surface area contributed by atoms with Crippen molar-refractivity contribution in [2.24, 2.45) is 5.73 Å². The Morgan fingerprint density at radius 2 is 1.79 bits per heavy atom. The largest absolute Gasteiger partial charge is 0.481 e. The van der Waals surface area contributed by atoms with E-state index in [0.717, 1.165) is 6.42 Å². The number of nitrogens with two attached hydrogens (primary N) is 1. The van der Waals surface area contributed by atoms with Crippen LogP contribution in [0.1, 0.15) is 31.4 Å². The Kier molecular flexibility index (Phi) is 7.57. The Hall–Kier alpha value is -3.11. The second-order valence-electron chi connectivity index (χ2n) is 6.34. The van der Waals surface area contributed by atoms with E-state index < -0.39 is 28.1 Å². The third kappa shape index (κ3) is 6.77. The lowest BCUT2D eigenvalue weighted by Crippen LogP contribution is -2.29. The molecular formula is C19H24N4O5S. The van der Waals surface area contributed by atoms with Crippen LogP contribution in [0.25, 0.3) is 0 Å². The second-order valence-corrected chi connectivity index (χ2v) is 8.03. The zero-order valence-corrected chi connectivity index (χ0v) is 16.7. The van der Waals surface area contributed by atoms with E-state index in [2.05, 4.69) is 15.4 Å². The van der Waals surface area contributed by atoms with Gasteiger partial charge in [-0.25, -0.2) is 13.2 Å². The lowest BCUT2D eigenvalue weighted by atomic mass is 10.0. The number of amides is 2. The average Bonchev–Trinajstić information content (AvgIpc) is 2.66. The van der Waals surface area contributed by atoms with Crippen LogP contribution >= 0.6 is 0 Å². The number of nitrogens with one attached hydrogen (secondary N) is 3.